The summed E-state index contributed by atoms with van der Waals surface area (Å²) >= 11 is 0. The van der Waals surface area contributed by atoms with Gasteiger partial charge in [0.2, 0.25) is 0 Å². The highest BCUT2D eigenvalue weighted by Crippen LogP contribution is 2.42. The third-order valence-electron chi connectivity index (χ3n) is 4.03. The lowest BCUT2D eigenvalue weighted by Gasteiger charge is -2.45. The molecule has 16 heavy (non-hydrogen) atoms. The molecule has 0 N–H and O–H groups in total. The van der Waals surface area contributed by atoms with E-state index in [1.807, 2.05) is 0 Å². The zero-order valence-electron chi connectivity index (χ0n) is 10.6. The molecule has 0 bridgehead atoms. The smallest absolute Gasteiger partial charge is 0.174 e. The highest BCUT2D eigenvalue weighted by Gasteiger charge is 2.43. The minimum absolute atomic E-state index is 0.283. The van der Waals surface area contributed by atoms with Gasteiger partial charge in [-0.05, 0) is 32.1 Å². The van der Waals surface area contributed by atoms with Crippen LogP contribution >= 0.6 is 0 Å². The van der Waals surface area contributed by atoms with E-state index in [-0.39, 0.29) is 5.79 Å². The second kappa shape index (κ2) is 5.47. The first kappa shape index (κ1) is 12.3. The van der Waals surface area contributed by atoms with Crippen LogP contribution < -0.4 is 0 Å². The third kappa shape index (κ3) is 2.26. The molecule has 1 atom stereocenters. The highest BCUT2D eigenvalue weighted by molar-refractivity contribution is 6.17. The average molecular weight is 240 g/mol. The first-order valence-electron chi connectivity index (χ1n) is 6.75. The first-order chi connectivity index (χ1) is 7.82. The molecule has 3 heteroatoms. The lowest BCUT2D eigenvalue weighted by atomic mass is 9.78. The van der Waals surface area contributed by atoms with Crippen molar-refractivity contribution in [3.63, 3.8) is 0 Å². The maximum atomic E-state index is 6.04. The van der Waals surface area contributed by atoms with Gasteiger partial charge in [0.25, 0.3) is 0 Å². The Balaban J connectivity index is 2.17. The molecular weight excluding hydrogens is 216 g/mol. The molecule has 1 unspecified atom stereocenters. The van der Waals surface area contributed by atoms with Crippen LogP contribution in [-0.4, -0.2) is 29.2 Å². The van der Waals surface area contributed by atoms with Crippen molar-refractivity contribution in [2.75, 3.05) is 13.2 Å². The summed E-state index contributed by atoms with van der Waals surface area (Å²) in [7, 11) is 1.16. The van der Waals surface area contributed by atoms with Crippen LogP contribution in [0, 0.1) is 5.92 Å². The largest absolute Gasteiger partial charge is 0.349 e. The topological polar surface area (TPSA) is 18.5 Å². The monoisotopic (exact) mass is 240 g/mol. The van der Waals surface area contributed by atoms with E-state index in [1.165, 1.54) is 25.7 Å². The van der Waals surface area contributed by atoms with Crippen molar-refractivity contribution in [3.8, 4) is 0 Å². The molecule has 0 aromatic carbocycles. The predicted molar refractivity (Wildman–Crippen MR) is 69.5 cm³/mol. The third-order valence-corrected chi connectivity index (χ3v) is 4.77. The zero-order valence-corrected chi connectivity index (χ0v) is 12.6. The Labute approximate surface area is 102 Å². The quantitative estimate of drug-likeness (QED) is 0.687. The minimum atomic E-state index is -0.283. The van der Waals surface area contributed by atoms with Crippen LogP contribution in [0.3, 0.4) is 0 Å². The van der Waals surface area contributed by atoms with Crippen molar-refractivity contribution in [2.24, 2.45) is 5.92 Å². The van der Waals surface area contributed by atoms with Crippen molar-refractivity contribution in [1.29, 1.82) is 0 Å². The van der Waals surface area contributed by atoms with Gasteiger partial charge in [-0.1, -0.05) is 18.9 Å². The van der Waals surface area contributed by atoms with Gasteiger partial charge in [0.15, 0.2) is 5.79 Å². The summed E-state index contributed by atoms with van der Waals surface area (Å²) in [5.74, 6) is 0.249. The van der Waals surface area contributed by atoms with Crippen LogP contribution in [0.1, 0.15) is 45.4 Å². The van der Waals surface area contributed by atoms with Crippen LogP contribution in [0.4, 0.5) is 0 Å². The number of hydrogen-bond donors (Lipinski definition) is 0. The highest BCUT2D eigenvalue weighted by atomic mass is 28.1. The lowest BCUT2D eigenvalue weighted by molar-refractivity contribution is -0.291. The summed E-state index contributed by atoms with van der Waals surface area (Å²) in [4.78, 5) is 0. The maximum Gasteiger partial charge on any atom is 0.174 e. The van der Waals surface area contributed by atoms with E-state index in [2.05, 4.69) is 12.6 Å². The maximum absolute atomic E-state index is 6.04. The van der Waals surface area contributed by atoms with Gasteiger partial charge in [-0.15, -0.1) is 5.70 Å². The van der Waals surface area contributed by atoms with Gasteiger partial charge < -0.3 is 9.47 Å². The molecule has 1 aliphatic carbocycles. The summed E-state index contributed by atoms with van der Waals surface area (Å²) in [5.41, 5.74) is 4.03. The molecule has 1 heterocycles. The van der Waals surface area contributed by atoms with Gasteiger partial charge in [-0.3, -0.25) is 0 Å². The molecule has 0 aromatic heterocycles. The Morgan fingerprint density at radius 1 is 1.31 bits per heavy atom. The minimum Gasteiger partial charge on any atom is -0.349 e. The fourth-order valence-electron chi connectivity index (χ4n) is 3.13. The van der Waals surface area contributed by atoms with E-state index in [1.54, 1.807) is 5.57 Å². The van der Waals surface area contributed by atoms with Gasteiger partial charge in [0.05, 0.1) is 13.2 Å². The van der Waals surface area contributed by atoms with Gasteiger partial charge in [-0.2, -0.15) is 0 Å². The van der Waals surface area contributed by atoms with Crippen LogP contribution in [-0.2, 0) is 9.47 Å². The Kier molecular flexibility index (Phi) is 4.22. The van der Waals surface area contributed by atoms with E-state index in [9.17, 15) is 0 Å². The second-order valence-electron chi connectivity index (χ2n) is 4.88. The Hall–Kier alpha value is -0.123. The average Bonchev–Trinajstić information content (AvgIpc) is 2.39. The molecule has 2 fully saturated rings. The summed E-state index contributed by atoms with van der Waals surface area (Å²) in [6, 6.07) is 0. The number of hydrogen-bond acceptors (Lipinski definition) is 2. The Bertz CT molecular complexity index is 257. The molecule has 0 radical (unpaired) electrons. The molecule has 1 saturated heterocycles. The van der Waals surface area contributed by atoms with Gasteiger partial charge in [-0.25, -0.2) is 0 Å². The van der Waals surface area contributed by atoms with Gasteiger partial charge >= 0.3 is 0 Å². The molecule has 92 valence electrons. The Morgan fingerprint density at radius 3 is 2.69 bits per heavy atom. The van der Waals surface area contributed by atoms with Crippen LogP contribution in [0.5, 0.6) is 0 Å². The summed E-state index contributed by atoms with van der Waals surface area (Å²) in [6.45, 7) is 3.95. The summed E-state index contributed by atoms with van der Waals surface area (Å²) < 4.78 is 12.1. The molecule has 2 rings (SSSR count). The second-order valence-corrected chi connectivity index (χ2v) is 5.46. The SMILES string of the molecule is CCC1(C2CCCCC2=C[SiH3])OCCCO1. The van der Waals surface area contributed by atoms with Crippen molar-refractivity contribution in [3.05, 3.63) is 11.3 Å². The van der Waals surface area contributed by atoms with E-state index >= 15 is 0 Å². The number of ether oxygens (including phenoxy) is 2. The Morgan fingerprint density at radius 2 is 2.06 bits per heavy atom. The first-order valence-corrected chi connectivity index (χ1v) is 7.91. The van der Waals surface area contributed by atoms with E-state index in [0.29, 0.717) is 5.92 Å². The molecule has 1 saturated carbocycles. The van der Waals surface area contributed by atoms with Crippen LogP contribution in [0.15, 0.2) is 11.3 Å². The van der Waals surface area contributed by atoms with E-state index in [4.69, 9.17) is 9.47 Å². The fraction of sp³-hybridized carbons (Fsp3) is 0.846. The van der Waals surface area contributed by atoms with Crippen molar-refractivity contribution >= 4 is 10.2 Å². The van der Waals surface area contributed by atoms with E-state index in [0.717, 1.165) is 36.3 Å². The molecule has 0 amide bonds. The predicted octanol–water partition coefficient (Wildman–Crippen LogP) is 1.97. The van der Waals surface area contributed by atoms with Crippen molar-refractivity contribution in [1.82, 2.24) is 0 Å². The van der Waals surface area contributed by atoms with E-state index < -0.39 is 0 Å². The fourth-order valence-corrected chi connectivity index (χ4v) is 3.82. The molecule has 0 spiro atoms. The molecule has 0 aromatic rings. The van der Waals surface area contributed by atoms with Crippen molar-refractivity contribution in [2.45, 2.75) is 51.2 Å². The molecule has 2 aliphatic rings. The standard InChI is InChI=1S/C13H24O2Si/c1-2-13(14-8-5-9-15-13)12-7-4-3-6-11(12)10-16/h10,12H,2-9H2,1,16H3. The van der Waals surface area contributed by atoms with Crippen LogP contribution in [0.25, 0.3) is 0 Å². The van der Waals surface area contributed by atoms with Gasteiger partial charge in [0, 0.05) is 16.2 Å². The zero-order chi connectivity index (χ0) is 11.4. The van der Waals surface area contributed by atoms with Gasteiger partial charge in [0.1, 0.15) is 0 Å². The molecular formula is C13H24O2Si. The summed E-state index contributed by atoms with van der Waals surface area (Å²) in [6.07, 6.45) is 7.23. The lowest BCUT2D eigenvalue weighted by Crippen LogP contribution is -2.48. The number of rotatable bonds is 2. The van der Waals surface area contributed by atoms with Crippen LogP contribution in [0.2, 0.25) is 0 Å². The normalized spacial score (nSPS) is 33.1. The summed E-state index contributed by atoms with van der Waals surface area (Å²) in [5, 5.41) is 0. The molecule has 1 aliphatic heterocycles. The molecule has 2 nitrogen and oxygen atoms in total. The van der Waals surface area contributed by atoms with Crippen molar-refractivity contribution < 1.29 is 9.47 Å².